The zero-order valence-electron chi connectivity index (χ0n) is 19.9. The molecule has 7 heteroatoms. The van der Waals surface area contributed by atoms with Crippen LogP contribution < -0.4 is 0 Å². The molecule has 32 heavy (non-hydrogen) atoms. The Bertz CT molecular complexity index is 847. The number of carbonyl (C=O) groups is 2. The minimum Gasteiger partial charge on any atom is -0.459 e. The van der Waals surface area contributed by atoms with Gasteiger partial charge < -0.3 is 24.2 Å². The Kier molecular flexibility index (Phi) is 5.18. The van der Waals surface area contributed by atoms with E-state index in [2.05, 4.69) is 13.0 Å². The normalized spacial score (nSPS) is 47.1. The lowest BCUT2D eigenvalue weighted by Gasteiger charge is -2.60. The number of aliphatic hydroxyl groups excluding tert-OH is 1. The van der Waals surface area contributed by atoms with Crippen LogP contribution in [0.3, 0.4) is 0 Å². The quantitative estimate of drug-likeness (QED) is 0.514. The number of ether oxygens (including phenoxy) is 3. The third-order valence-corrected chi connectivity index (χ3v) is 9.66. The first kappa shape index (κ1) is 22.5. The molecule has 0 aromatic rings. The number of carbonyl (C=O) groups excluding carboxylic acids is 2. The van der Waals surface area contributed by atoms with Crippen LogP contribution >= 0.6 is 0 Å². The van der Waals surface area contributed by atoms with Crippen molar-refractivity contribution in [1.29, 1.82) is 0 Å². The summed E-state index contributed by atoms with van der Waals surface area (Å²) in [7, 11) is 3.83. The first-order valence-corrected chi connectivity index (χ1v) is 12.1. The van der Waals surface area contributed by atoms with Crippen molar-refractivity contribution in [3.63, 3.8) is 0 Å². The number of nitrogens with zero attached hydrogens (tertiary/aromatic N) is 1. The molecule has 0 aromatic heterocycles. The third-order valence-electron chi connectivity index (χ3n) is 9.66. The largest absolute Gasteiger partial charge is 0.459 e. The van der Waals surface area contributed by atoms with Gasteiger partial charge in [0.15, 0.2) is 5.79 Å². The van der Waals surface area contributed by atoms with E-state index in [-0.39, 0.29) is 29.1 Å². The lowest BCUT2D eigenvalue weighted by molar-refractivity contribution is -0.242. The fraction of sp³-hybridized carbons (Fsp3) is 0.840. The molecule has 1 saturated heterocycles. The van der Waals surface area contributed by atoms with Crippen LogP contribution in [0.4, 0.5) is 0 Å². The van der Waals surface area contributed by atoms with Crippen LogP contribution in [0.25, 0.3) is 0 Å². The third kappa shape index (κ3) is 2.80. The van der Waals surface area contributed by atoms with Crippen LogP contribution in [0.5, 0.6) is 0 Å². The average molecular weight is 448 g/mol. The molecule has 4 aliphatic carbocycles. The highest BCUT2D eigenvalue weighted by Crippen LogP contribution is 2.68. The van der Waals surface area contributed by atoms with Crippen LogP contribution in [0.2, 0.25) is 0 Å². The van der Waals surface area contributed by atoms with Crippen LogP contribution in [0, 0.1) is 28.6 Å². The molecule has 0 bridgehead atoms. The molecule has 1 N–H and O–H groups in total. The number of Topliss-reactive ketones (excluding diaryl/α,β-unsaturated/α-hetero) is 1. The van der Waals surface area contributed by atoms with E-state index in [1.807, 2.05) is 25.9 Å². The SMILES string of the molecule is CC(=O)O[C@H]1[C@H](O)[C@@H](N(C)C)C=C2CC[C@@H]3[C@H](C(=O)C[C@@]4(C)[C@H]3CCC43OCCO3)[C@]21C. The van der Waals surface area contributed by atoms with Crippen molar-refractivity contribution in [1.82, 2.24) is 4.90 Å². The van der Waals surface area contributed by atoms with Gasteiger partial charge in [-0.15, -0.1) is 0 Å². The summed E-state index contributed by atoms with van der Waals surface area (Å²) in [5.41, 5.74) is 0.105. The van der Waals surface area contributed by atoms with Gasteiger partial charge in [-0.3, -0.25) is 9.59 Å². The summed E-state index contributed by atoms with van der Waals surface area (Å²) in [6.07, 6.45) is 4.47. The van der Waals surface area contributed by atoms with Gasteiger partial charge in [0.05, 0.1) is 19.3 Å². The molecule has 3 saturated carbocycles. The van der Waals surface area contributed by atoms with E-state index in [0.29, 0.717) is 25.6 Å². The predicted octanol–water partition coefficient (Wildman–Crippen LogP) is 2.31. The lowest BCUT2D eigenvalue weighted by Crippen LogP contribution is -2.65. The van der Waals surface area contributed by atoms with Gasteiger partial charge in [0.25, 0.3) is 0 Å². The Balaban J connectivity index is 1.58. The molecular formula is C25H37NO6. The van der Waals surface area contributed by atoms with Crippen molar-refractivity contribution in [3.05, 3.63) is 11.6 Å². The zero-order chi connectivity index (χ0) is 23.1. The number of rotatable bonds is 2. The van der Waals surface area contributed by atoms with E-state index in [1.54, 1.807) is 0 Å². The van der Waals surface area contributed by atoms with E-state index in [4.69, 9.17) is 14.2 Å². The molecule has 1 heterocycles. The van der Waals surface area contributed by atoms with Crippen molar-refractivity contribution < 1.29 is 28.9 Å². The number of likely N-dealkylation sites (N-methyl/N-ethyl adjacent to an activating group) is 1. The number of hydrogen-bond acceptors (Lipinski definition) is 7. The van der Waals surface area contributed by atoms with Crippen LogP contribution in [-0.2, 0) is 23.8 Å². The molecule has 0 aromatic carbocycles. The summed E-state index contributed by atoms with van der Waals surface area (Å²) in [6, 6.07) is -0.252. The molecule has 4 fully saturated rings. The van der Waals surface area contributed by atoms with E-state index >= 15 is 0 Å². The van der Waals surface area contributed by atoms with E-state index in [1.165, 1.54) is 6.92 Å². The highest BCUT2D eigenvalue weighted by molar-refractivity contribution is 5.85. The van der Waals surface area contributed by atoms with Crippen LogP contribution in [0.1, 0.15) is 52.9 Å². The second-order valence-electron chi connectivity index (χ2n) is 11.3. The molecule has 5 rings (SSSR count). The highest BCUT2D eigenvalue weighted by Gasteiger charge is 2.70. The fourth-order valence-corrected chi connectivity index (χ4v) is 8.28. The zero-order valence-corrected chi connectivity index (χ0v) is 19.9. The molecular weight excluding hydrogens is 410 g/mol. The minimum absolute atomic E-state index is 0.164. The topological polar surface area (TPSA) is 85.3 Å². The van der Waals surface area contributed by atoms with E-state index < -0.39 is 29.4 Å². The number of esters is 1. The standard InChI is InChI=1S/C25H37NO6/c1-14(27)32-22-21(29)18(26(4)5)12-15-6-7-16-17-8-9-25(30-10-11-31-25)23(17,2)13-19(28)20(16)24(15,22)3/h12,16-18,20-22,29H,6-11,13H2,1-5H3/t16-,17-,18-,20+,21+,22-,23-,24-/m0/s1. The summed E-state index contributed by atoms with van der Waals surface area (Å²) < 4.78 is 18.2. The van der Waals surface area contributed by atoms with Gasteiger partial charge in [0.1, 0.15) is 18.0 Å². The molecule has 0 radical (unpaired) electrons. The molecule has 178 valence electrons. The van der Waals surface area contributed by atoms with Crippen molar-refractivity contribution >= 4 is 11.8 Å². The Hall–Kier alpha value is -1.28. The second kappa shape index (κ2) is 7.36. The van der Waals surface area contributed by atoms with E-state index in [0.717, 1.165) is 31.3 Å². The van der Waals surface area contributed by atoms with Crippen molar-refractivity contribution in [2.24, 2.45) is 28.6 Å². The first-order chi connectivity index (χ1) is 15.0. The maximum absolute atomic E-state index is 14.0. The fourth-order valence-electron chi connectivity index (χ4n) is 8.28. The Morgan fingerprint density at radius 3 is 2.53 bits per heavy atom. The van der Waals surface area contributed by atoms with Gasteiger partial charge >= 0.3 is 5.97 Å². The van der Waals surface area contributed by atoms with E-state index in [9.17, 15) is 14.7 Å². The monoisotopic (exact) mass is 447 g/mol. The maximum Gasteiger partial charge on any atom is 0.303 e. The molecule has 5 aliphatic rings. The molecule has 1 aliphatic heterocycles. The van der Waals surface area contributed by atoms with Gasteiger partial charge in [-0.25, -0.2) is 0 Å². The molecule has 0 unspecified atom stereocenters. The average Bonchev–Trinajstić information content (AvgIpc) is 3.30. The molecule has 7 nitrogen and oxygen atoms in total. The molecule has 1 spiro atoms. The summed E-state index contributed by atoms with van der Waals surface area (Å²) in [4.78, 5) is 28.0. The van der Waals surface area contributed by atoms with Crippen molar-refractivity contribution in [2.45, 2.75) is 76.9 Å². The molecule has 0 amide bonds. The number of ketones is 1. The second-order valence-corrected chi connectivity index (χ2v) is 11.3. The summed E-state index contributed by atoms with van der Waals surface area (Å²) in [6.45, 7) is 6.78. The Morgan fingerprint density at radius 2 is 1.91 bits per heavy atom. The van der Waals surface area contributed by atoms with Crippen LogP contribution in [0.15, 0.2) is 11.6 Å². The number of fused-ring (bicyclic) bond motifs is 6. The first-order valence-electron chi connectivity index (χ1n) is 12.1. The van der Waals surface area contributed by atoms with Crippen molar-refractivity contribution in [2.75, 3.05) is 27.3 Å². The van der Waals surface area contributed by atoms with Gasteiger partial charge in [-0.2, -0.15) is 0 Å². The van der Waals surface area contributed by atoms with Gasteiger partial charge in [0.2, 0.25) is 0 Å². The number of hydrogen-bond donors (Lipinski definition) is 1. The smallest absolute Gasteiger partial charge is 0.303 e. The number of aliphatic hydroxyl groups is 1. The summed E-state index contributed by atoms with van der Waals surface area (Å²) >= 11 is 0. The highest BCUT2D eigenvalue weighted by atomic mass is 16.7. The van der Waals surface area contributed by atoms with Gasteiger partial charge in [-0.05, 0) is 45.2 Å². The summed E-state index contributed by atoms with van der Waals surface area (Å²) in [5, 5.41) is 11.3. The van der Waals surface area contributed by atoms with Crippen molar-refractivity contribution in [3.8, 4) is 0 Å². The molecule has 8 atom stereocenters. The van der Waals surface area contributed by atoms with Gasteiger partial charge in [0, 0.05) is 36.5 Å². The van der Waals surface area contributed by atoms with Gasteiger partial charge in [-0.1, -0.05) is 25.5 Å². The minimum atomic E-state index is -0.890. The lowest BCUT2D eigenvalue weighted by atomic mass is 9.45. The Morgan fingerprint density at radius 1 is 1.22 bits per heavy atom. The maximum atomic E-state index is 14.0. The predicted molar refractivity (Wildman–Crippen MR) is 117 cm³/mol. The van der Waals surface area contributed by atoms with Crippen LogP contribution in [-0.4, -0.2) is 73.1 Å². The Labute approximate surface area is 190 Å². The summed E-state index contributed by atoms with van der Waals surface area (Å²) in [5.74, 6) is -0.682.